The van der Waals surface area contributed by atoms with E-state index in [1.807, 2.05) is 30.6 Å². The van der Waals surface area contributed by atoms with E-state index in [1.54, 1.807) is 13.3 Å². The average Bonchev–Trinajstić information content (AvgIpc) is 2.91. The Morgan fingerprint density at radius 2 is 2.22 bits per heavy atom. The number of hydrogen-bond acceptors (Lipinski definition) is 4. The second-order valence-corrected chi connectivity index (χ2v) is 3.80. The van der Waals surface area contributed by atoms with Crippen molar-refractivity contribution >= 4 is 5.69 Å². The van der Waals surface area contributed by atoms with Crippen LogP contribution in [0.25, 0.3) is 0 Å². The summed E-state index contributed by atoms with van der Waals surface area (Å²) in [5.41, 5.74) is 2.17. The van der Waals surface area contributed by atoms with Gasteiger partial charge in [-0.15, -0.1) is 0 Å². The minimum absolute atomic E-state index is 0.514. The van der Waals surface area contributed by atoms with Gasteiger partial charge in [0, 0.05) is 32.1 Å². The molecular formula is C13H17N3O2. The van der Waals surface area contributed by atoms with Crippen LogP contribution >= 0.6 is 0 Å². The maximum Gasteiger partial charge on any atom is 0.213 e. The quantitative estimate of drug-likeness (QED) is 0.735. The standard InChI is InChI=1S/C13H17N3O2/c1-17-6-7-18-13-3-2-12(10-16-13)15-9-11-4-5-14-8-11/h2-5,8,10,14-15H,6-7,9H2,1H3. The third-order valence-electron chi connectivity index (χ3n) is 2.43. The first-order valence-electron chi connectivity index (χ1n) is 5.82. The minimum atomic E-state index is 0.514. The number of pyridine rings is 1. The molecule has 0 spiro atoms. The van der Waals surface area contributed by atoms with Gasteiger partial charge in [0.25, 0.3) is 0 Å². The number of rotatable bonds is 7. The minimum Gasteiger partial charge on any atom is -0.475 e. The van der Waals surface area contributed by atoms with Crippen LogP contribution in [0.15, 0.2) is 36.8 Å². The Labute approximate surface area is 106 Å². The van der Waals surface area contributed by atoms with Crippen LogP contribution in [0.2, 0.25) is 0 Å². The van der Waals surface area contributed by atoms with Crippen molar-refractivity contribution in [2.24, 2.45) is 0 Å². The van der Waals surface area contributed by atoms with Gasteiger partial charge in [-0.3, -0.25) is 0 Å². The van der Waals surface area contributed by atoms with Crippen LogP contribution in [-0.4, -0.2) is 30.3 Å². The lowest BCUT2D eigenvalue weighted by Crippen LogP contribution is -2.05. The molecule has 0 aliphatic heterocycles. The molecule has 2 N–H and O–H groups in total. The van der Waals surface area contributed by atoms with Crippen molar-refractivity contribution in [1.82, 2.24) is 9.97 Å². The monoisotopic (exact) mass is 247 g/mol. The van der Waals surface area contributed by atoms with Crippen LogP contribution in [-0.2, 0) is 11.3 Å². The summed E-state index contributed by atoms with van der Waals surface area (Å²) in [5.74, 6) is 0.610. The molecule has 2 heterocycles. The van der Waals surface area contributed by atoms with Crippen molar-refractivity contribution in [2.75, 3.05) is 25.6 Å². The van der Waals surface area contributed by atoms with Gasteiger partial charge < -0.3 is 19.8 Å². The van der Waals surface area contributed by atoms with Crippen LogP contribution in [0.5, 0.6) is 5.88 Å². The Bertz CT molecular complexity index is 440. The fraction of sp³-hybridized carbons (Fsp3) is 0.308. The Hall–Kier alpha value is -2.01. The van der Waals surface area contributed by atoms with Gasteiger partial charge in [-0.25, -0.2) is 4.98 Å². The van der Waals surface area contributed by atoms with Crippen LogP contribution in [0, 0.1) is 0 Å². The first-order chi connectivity index (χ1) is 8.88. The number of methoxy groups -OCH3 is 1. The summed E-state index contributed by atoms with van der Waals surface area (Å²) in [5, 5.41) is 3.28. The Balaban J connectivity index is 1.80. The van der Waals surface area contributed by atoms with E-state index in [0.717, 1.165) is 12.2 Å². The lowest BCUT2D eigenvalue weighted by atomic mass is 10.3. The molecule has 2 aromatic heterocycles. The first kappa shape index (κ1) is 12.4. The third-order valence-corrected chi connectivity index (χ3v) is 2.43. The highest BCUT2D eigenvalue weighted by Gasteiger charge is 1.97. The van der Waals surface area contributed by atoms with Crippen molar-refractivity contribution in [3.8, 4) is 5.88 Å². The van der Waals surface area contributed by atoms with E-state index in [4.69, 9.17) is 9.47 Å². The maximum atomic E-state index is 5.38. The van der Waals surface area contributed by atoms with Crippen molar-refractivity contribution in [2.45, 2.75) is 6.54 Å². The van der Waals surface area contributed by atoms with Crippen molar-refractivity contribution in [3.05, 3.63) is 42.4 Å². The number of aromatic amines is 1. The van der Waals surface area contributed by atoms with Gasteiger partial charge in [-0.2, -0.15) is 0 Å². The van der Waals surface area contributed by atoms with Crippen LogP contribution in [0.3, 0.4) is 0 Å². The summed E-state index contributed by atoms with van der Waals surface area (Å²) >= 11 is 0. The van der Waals surface area contributed by atoms with Gasteiger partial charge >= 0.3 is 0 Å². The molecule has 2 rings (SSSR count). The molecule has 0 fully saturated rings. The van der Waals surface area contributed by atoms with Gasteiger partial charge in [0.1, 0.15) is 6.61 Å². The molecule has 0 aliphatic rings. The number of ether oxygens (including phenoxy) is 2. The fourth-order valence-electron chi connectivity index (χ4n) is 1.47. The van der Waals surface area contributed by atoms with Crippen molar-refractivity contribution in [3.63, 3.8) is 0 Å². The molecule has 18 heavy (non-hydrogen) atoms. The smallest absolute Gasteiger partial charge is 0.213 e. The number of aromatic nitrogens is 2. The number of hydrogen-bond donors (Lipinski definition) is 2. The summed E-state index contributed by atoms with van der Waals surface area (Å²) in [6.07, 6.45) is 5.62. The van der Waals surface area contributed by atoms with Gasteiger partial charge in [0.2, 0.25) is 5.88 Å². The van der Waals surface area contributed by atoms with Crippen LogP contribution in [0.4, 0.5) is 5.69 Å². The number of nitrogens with zero attached hydrogens (tertiary/aromatic N) is 1. The van der Waals surface area contributed by atoms with Gasteiger partial charge in [0.05, 0.1) is 18.5 Å². The molecule has 0 bridgehead atoms. The molecule has 0 atom stereocenters. The summed E-state index contributed by atoms with van der Waals surface area (Å²) in [6, 6.07) is 5.82. The van der Waals surface area contributed by atoms with Crippen LogP contribution in [0.1, 0.15) is 5.56 Å². The Morgan fingerprint density at radius 1 is 1.28 bits per heavy atom. The predicted molar refractivity (Wildman–Crippen MR) is 69.7 cm³/mol. The summed E-state index contributed by atoms with van der Waals surface area (Å²) in [7, 11) is 1.64. The van der Waals surface area contributed by atoms with E-state index >= 15 is 0 Å². The molecule has 0 unspecified atom stereocenters. The summed E-state index contributed by atoms with van der Waals surface area (Å²) in [4.78, 5) is 7.22. The molecule has 0 saturated heterocycles. The second-order valence-electron chi connectivity index (χ2n) is 3.80. The first-order valence-corrected chi connectivity index (χ1v) is 5.82. The molecule has 0 radical (unpaired) electrons. The van der Waals surface area contributed by atoms with E-state index < -0.39 is 0 Å². The van der Waals surface area contributed by atoms with Gasteiger partial charge in [-0.05, 0) is 17.7 Å². The zero-order valence-corrected chi connectivity index (χ0v) is 10.3. The normalized spacial score (nSPS) is 10.3. The molecule has 96 valence electrons. The van der Waals surface area contributed by atoms with Crippen molar-refractivity contribution in [1.29, 1.82) is 0 Å². The molecular weight excluding hydrogens is 230 g/mol. The molecule has 0 amide bonds. The SMILES string of the molecule is COCCOc1ccc(NCc2cc[nH]c2)cn1. The van der Waals surface area contributed by atoms with Crippen molar-refractivity contribution < 1.29 is 9.47 Å². The molecule has 0 aliphatic carbocycles. The van der Waals surface area contributed by atoms with Gasteiger partial charge in [0.15, 0.2) is 0 Å². The second kappa shape index (κ2) is 6.66. The molecule has 0 saturated carbocycles. The van der Waals surface area contributed by atoms with Gasteiger partial charge in [-0.1, -0.05) is 0 Å². The molecule has 5 heteroatoms. The third kappa shape index (κ3) is 3.78. The molecule has 5 nitrogen and oxygen atoms in total. The highest BCUT2D eigenvalue weighted by atomic mass is 16.5. The lowest BCUT2D eigenvalue weighted by molar-refractivity contribution is 0.144. The molecule has 2 aromatic rings. The predicted octanol–water partition coefficient (Wildman–Crippen LogP) is 2.05. The van der Waals surface area contributed by atoms with Crippen LogP contribution < -0.4 is 10.1 Å². The highest BCUT2D eigenvalue weighted by molar-refractivity contribution is 5.42. The Kier molecular flexibility index (Phi) is 4.60. The van der Waals surface area contributed by atoms with E-state index in [-0.39, 0.29) is 0 Å². The summed E-state index contributed by atoms with van der Waals surface area (Å²) in [6.45, 7) is 1.85. The summed E-state index contributed by atoms with van der Waals surface area (Å²) < 4.78 is 10.3. The lowest BCUT2D eigenvalue weighted by Gasteiger charge is -2.07. The van der Waals surface area contributed by atoms with E-state index in [9.17, 15) is 0 Å². The average molecular weight is 247 g/mol. The number of nitrogens with one attached hydrogen (secondary N) is 2. The number of anilines is 1. The van der Waals surface area contributed by atoms with E-state index in [2.05, 4.69) is 15.3 Å². The maximum absolute atomic E-state index is 5.38. The van der Waals surface area contributed by atoms with E-state index in [0.29, 0.717) is 19.1 Å². The molecule has 0 aromatic carbocycles. The highest BCUT2D eigenvalue weighted by Crippen LogP contribution is 2.12. The zero-order valence-electron chi connectivity index (χ0n) is 10.3. The van der Waals surface area contributed by atoms with E-state index in [1.165, 1.54) is 5.56 Å². The topological polar surface area (TPSA) is 59.2 Å². The zero-order chi connectivity index (χ0) is 12.6. The fourth-order valence-corrected chi connectivity index (χ4v) is 1.47. The number of H-pyrrole nitrogens is 1. The Morgan fingerprint density at radius 3 is 2.89 bits per heavy atom. The largest absolute Gasteiger partial charge is 0.475 e.